The van der Waals surface area contributed by atoms with E-state index < -0.39 is 6.36 Å². The fourth-order valence-electron chi connectivity index (χ4n) is 4.27. The van der Waals surface area contributed by atoms with Crippen LogP contribution in [0.3, 0.4) is 0 Å². The maximum atomic E-state index is 12.6. The molecule has 0 amide bonds. The first-order chi connectivity index (χ1) is 18.6. The van der Waals surface area contributed by atoms with Gasteiger partial charge < -0.3 is 4.74 Å². The van der Waals surface area contributed by atoms with E-state index in [1.165, 1.54) is 46.4 Å². The number of ether oxygens (including phenoxy) is 1. The van der Waals surface area contributed by atoms with Crippen molar-refractivity contribution >= 4 is 22.9 Å². The monoisotopic (exact) mass is 551 g/mol. The number of ketones is 1. The van der Waals surface area contributed by atoms with E-state index in [2.05, 4.69) is 40.8 Å². The van der Waals surface area contributed by atoms with Crippen LogP contribution in [-0.4, -0.2) is 31.8 Å². The molecule has 4 rings (SSSR count). The predicted molar refractivity (Wildman–Crippen MR) is 148 cm³/mol. The minimum atomic E-state index is -4.74. The second kappa shape index (κ2) is 12.3. The van der Waals surface area contributed by atoms with E-state index in [1.54, 1.807) is 0 Å². The molecule has 0 spiro atoms. The fourth-order valence-corrected chi connectivity index (χ4v) is 4.58. The average Bonchev–Trinajstić information content (AvgIpc) is 3.38. The summed E-state index contributed by atoms with van der Waals surface area (Å²) in [6.07, 6.45) is -1.30. The highest BCUT2D eigenvalue weighted by Gasteiger charge is 2.31. The number of Topliss-reactive ketones (excluding diaryl/α,β-unsaturated/α-hetero) is 1. The molecule has 9 heteroatoms. The van der Waals surface area contributed by atoms with Crippen molar-refractivity contribution in [3.63, 3.8) is 0 Å². The molecule has 4 aromatic rings. The van der Waals surface area contributed by atoms with Crippen LogP contribution in [0.2, 0.25) is 0 Å². The van der Waals surface area contributed by atoms with Gasteiger partial charge in [0.25, 0.3) is 0 Å². The van der Waals surface area contributed by atoms with Crippen molar-refractivity contribution in [1.82, 2.24) is 14.8 Å². The SMILES string of the molecule is CC(C)c1ccccc1CC(=S)CC(=O)CCc1ccc(-c2ncn(-c3ccc(OC(F)(F)F)cc3)n2)cc1. The van der Waals surface area contributed by atoms with Crippen molar-refractivity contribution in [2.24, 2.45) is 0 Å². The lowest BCUT2D eigenvalue weighted by molar-refractivity contribution is -0.274. The summed E-state index contributed by atoms with van der Waals surface area (Å²) in [4.78, 5) is 17.6. The molecule has 1 aromatic heterocycles. The van der Waals surface area contributed by atoms with E-state index in [4.69, 9.17) is 12.2 Å². The Kier molecular flexibility index (Phi) is 8.91. The van der Waals surface area contributed by atoms with Crippen molar-refractivity contribution in [2.45, 2.75) is 51.8 Å². The third kappa shape index (κ3) is 8.07. The Morgan fingerprint density at radius 1 is 1.00 bits per heavy atom. The summed E-state index contributed by atoms with van der Waals surface area (Å²) in [5.41, 5.74) is 4.79. The zero-order valence-corrected chi connectivity index (χ0v) is 22.4. The van der Waals surface area contributed by atoms with Gasteiger partial charge >= 0.3 is 6.36 Å². The molecule has 0 N–H and O–H groups in total. The molecule has 0 unspecified atom stereocenters. The highest BCUT2D eigenvalue weighted by molar-refractivity contribution is 7.80. The largest absolute Gasteiger partial charge is 0.573 e. The van der Waals surface area contributed by atoms with E-state index >= 15 is 0 Å². The molecule has 0 aliphatic carbocycles. The third-order valence-electron chi connectivity index (χ3n) is 6.19. The number of benzene rings is 3. The summed E-state index contributed by atoms with van der Waals surface area (Å²) in [6, 6.07) is 21.2. The molecule has 0 saturated carbocycles. The predicted octanol–water partition coefficient (Wildman–Crippen LogP) is 7.46. The van der Waals surface area contributed by atoms with Gasteiger partial charge in [0.2, 0.25) is 0 Å². The second-order valence-corrected chi connectivity index (χ2v) is 10.1. The summed E-state index contributed by atoms with van der Waals surface area (Å²) < 4.78 is 42.4. The van der Waals surface area contributed by atoms with Crippen molar-refractivity contribution in [2.75, 3.05) is 0 Å². The minimum Gasteiger partial charge on any atom is -0.406 e. The number of halogens is 3. The normalized spacial score (nSPS) is 11.5. The van der Waals surface area contributed by atoms with Crippen molar-refractivity contribution in [1.29, 1.82) is 0 Å². The Morgan fingerprint density at radius 2 is 1.69 bits per heavy atom. The number of nitrogens with zero attached hydrogens (tertiary/aromatic N) is 3. The topological polar surface area (TPSA) is 57.0 Å². The molecular weight excluding hydrogens is 523 g/mol. The first kappa shape index (κ1) is 28.2. The summed E-state index contributed by atoms with van der Waals surface area (Å²) in [6.45, 7) is 4.30. The van der Waals surface area contributed by atoms with E-state index in [-0.39, 0.29) is 11.5 Å². The summed E-state index contributed by atoms with van der Waals surface area (Å²) in [5.74, 6) is 0.692. The van der Waals surface area contributed by atoms with Gasteiger partial charge in [-0.3, -0.25) is 4.79 Å². The summed E-state index contributed by atoms with van der Waals surface area (Å²) >= 11 is 5.54. The highest BCUT2D eigenvalue weighted by Crippen LogP contribution is 2.24. The van der Waals surface area contributed by atoms with Crippen LogP contribution < -0.4 is 4.74 Å². The maximum absolute atomic E-state index is 12.6. The van der Waals surface area contributed by atoms with Gasteiger partial charge in [-0.15, -0.1) is 18.3 Å². The Morgan fingerprint density at radius 3 is 2.36 bits per heavy atom. The van der Waals surface area contributed by atoms with E-state index in [0.717, 1.165) is 16.0 Å². The number of hydrogen-bond donors (Lipinski definition) is 0. The molecular formula is C30H28F3N3O2S. The quantitative estimate of drug-likeness (QED) is 0.181. The van der Waals surface area contributed by atoms with E-state index in [9.17, 15) is 18.0 Å². The van der Waals surface area contributed by atoms with Gasteiger partial charge in [0, 0.05) is 29.7 Å². The summed E-state index contributed by atoms with van der Waals surface area (Å²) in [7, 11) is 0. The van der Waals surface area contributed by atoms with Crippen LogP contribution in [0.25, 0.3) is 17.1 Å². The van der Waals surface area contributed by atoms with Crippen LogP contribution in [0, 0.1) is 0 Å². The number of alkyl halides is 3. The lowest BCUT2D eigenvalue weighted by Crippen LogP contribution is -2.17. The first-order valence-electron chi connectivity index (χ1n) is 12.6. The molecule has 3 aromatic carbocycles. The molecule has 0 fully saturated rings. The zero-order valence-electron chi connectivity index (χ0n) is 21.6. The smallest absolute Gasteiger partial charge is 0.406 e. The third-order valence-corrected chi connectivity index (χ3v) is 6.48. The molecule has 0 atom stereocenters. The summed E-state index contributed by atoms with van der Waals surface area (Å²) in [5, 5.41) is 4.42. The van der Waals surface area contributed by atoms with Crippen LogP contribution in [0.1, 0.15) is 49.3 Å². The molecule has 5 nitrogen and oxygen atoms in total. The number of thiocarbonyl (C=S) groups is 1. The van der Waals surface area contributed by atoms with E-state index in [1.807, 2.05) is 36.4 Å². The lowest BCUT2D eigenvalue weighted by atomic mass is 9.93. The first-order valence-corrected chi connectivity index (χ1v) is 13.0. The average molecular weight is 552 g/mol. The number of rotatable bonds is 11. The van der Waals surface area contributed by atoms with Crippen LogP contribution >= 0.6 is 12.2 Å². The number of carbonyl (C=O) groups is 1. The number of aromatic nitrogens is 3. The number of carbonyl (C=O) groups excluding carboxylic acids is 1. The van der Waals surface area contributed by atoms with Gasteiger partial charge in [-0.1, -0.05) is 74.6 Å². The van der Waals surface area contributed by atoms with Gasteiger partial charge in [0.1, 0.15) is 17.9 Å². The van der Waals surface area contributed by atoms with Crippen molar-refractivity contribution in [3.05, 3.63) is 95.8 Å². The highest BCUT2D eigenvalue weighted by atomic mass is 32.1. The zero-order chi connectivity index (χ0) is 28.0. The molecule has 0 aliphatic heterocycles. The number of aryl methyl sites for hydroxylation is 1. The standard InChI is InChI=1S/C30H28F3N3O2S/c1-20(2)28-6-4-3-5-23(28)17-27(39)18-25(37)14-9-21-7-10-22(11-8-21)29-34-19-36(35-29)24-12-15-26(16-13-24)38-30(31,32)33/h3-8,10-13,15-16,19-20H,9,14,17-18H2,1-2H3. The maximum Gasteiger partial charge on any atom is 0.573 e. The van der Waals surface area contributed by atoms with Crippen LogP contribution in [-0.2, 0) is 17.6 Å². The van der Waals surface area contributed by atoms with Crippen LogP contribution in [0.5, 0.6) is 5.75 Å². The van der Waals surface area contributed by atoms with Crippen molar-refractivity contribution < 1.29 is 22.7 Å². The molecule has 0 bridgehead atoms. The second-order valence-electron chi connectivity index (χ2n) is 9.54. The molecule has 39 heavy (non-hydrogen) atoms. The Bertz CT molecular complexity index is 1430. The van der Waals surface area contributed by atoms with Gasteiger partial charge in [-0.05, 0) is 53.3 Å². The molecule has 0 aliphatic rings. The molecule has 0 saturated heterocycles. The van der Waals surface area contributed by atoms with Crippen LogP contribution in [0.4, 0.5) is 13.2 Å². The number of hydrogen-bond acceptors (Lipinski definition) is 5. The molecule has 202 valence electrons. The van der Waals surface area contributed by atoms with Crippen molar-refractivity contribution in [3.8, 4) is 22.8 Å². The Hall–Kier alpha value is -3.85. The van der Waals surface area contributed by atoms with Crippen LogP contribution in [0.15, 0.2) is 79.1 Å². The van der Waals surface area contributed by atoms with Gasteiger partial charge in [0.15, 0.2) is 5.82 Å². The fraction of sp³-hybridized carbons (Fsp3) is 0.267. The van der Waals surface area contributed by atoms with E-state index in [0.29, 0.717) is 43.1 Å². The minimum absolute atomic E-state index is 0.123. The van der Waals surface area contributed by atoms with Gasteiger partial charge in [-0.2, -0.15) is 0 Å². The van der Waals surface area contributed by atoms with Gasteiger partial charge in [0.05, 0.1) is 5.69 Å². The lowest BCUT2D eigenvalue weighted by Gasteiger charge is -2.13. The van der Waals surface area contributed by atoms with Gasteiger partial charge in [-0.25, -0.2) is 9.67 Å². The Labute approximate surface area is 230 Å². The molecule has 0 radical (unpaired) electrons. The Balaban J connectivity index is 1.29. The molecule has 1 heterocycles.